The van der Waals surface area contributed by atoms with E-state index in [0.29, 0.717) is 10.6 Å². The van der Waals surface area contributed by atoms with Crippen LogP contribution in [0.4, 0.5) is 4.39 Å². The first-order valence-electron chi connectivity index (χ1n) is 4.86. The highest BCUT2D eigenvalue weighted by Gasteiger charge is 2.14. The third-order valence-electron chi connectivity index (χ3n) is 2.12. The molecule has 15 heavy (non-hydrogen) atoms. The van der Waals surface area contributed by atoms with Crippen LogP contribution in [0.15, 0.2) is 18.2 Å². The maximum absolute atomic E-state index is 13.6. The van der Waals surface area contributed by atoms with Crippen LogP contribution in [0.3, 0.4) is 0 Å². The van der Waals surface area contributed by atoms with Crippen LogP contribution in [0.25, 0.3) is 0 Å². The second-order valence-corrected chi connectivity index (χ2v) is 4.58. The van der Waals surface area contributed by atoms with Crippen molar-refractivity contribution in [2.75, 3.05) is 18.6 Å². The van der Waals surface area contributed by atoms with Gasteiger partial charge in [0.15, 0.2) is 0 Å². The van der Waals surface area contributed by atoms with E-state index in [-0.39, 0.29) is 11.9 Å². The largest absolute Gasteiger partial charge is 0.309 e. The average Bonchev–Trinajstić information content (AvgIpc) is 2.17. The maximum Gasteiger partial charge on any atom is 0.129 e. The normalized spacial score (nSPS) is 12.8. The molecule has 84 valence electrons. The monoisotopic (exact) mass is 247 g/mol. The summed E-state index contributed by atoms with van der Waals surface area (Å²) in [5.74, 6) is 0.620. The van der Waals surface area contributed by atoms with Gasteiger partial charge in [0.1, 0.15) is 5.82 Å². The van der Waals surface area contributed by atoms with Crippen LogP contribution >= 0.6 is 23.4 Å². The Kier molecular flexibility index (Phi) is 5.43. The molecule has 0 saturated carbocycles. The zero-order valence-electron chi connectivity index (χ0n) is 8.89. The summed E-state index contributed by atoms with van der Waals surface area (Å²) in [6.45, 7) is 2.84. The number of benzene rings is 1. The van der Waals surface area contributed by atoms with Gasteiger partial charge in [-0.3, -0.25) is 0 Å². The van der Waals surface area contributed by atoms with E-state index in [4.69, 9.17) is 11.6 Å². The summed E-state index contributed by atoms with van der Waals surface area (Å²) in [5, 5.41) is 3.70. The zero-order valence-corrected chi connectivity index (χ0v) is 10.5. The van der Waals surface area contributed by atoms with Gasteiger partial charge in [0, 0.05) is 22.4 Å². The molecular formula is C11H15ClFNS. The Bertz CT molecular complexity index is 313. The minimum atomic E-state index is -0.234. The van der Waals surface area contributed by atoms with E-state index in [2.05, 4.69) is 5.32 Å². The highest BCUT2D eigenvalue weighted by molar-refractivity contribution is 7.98. The molecule has 1 N–H and O–H groups in total. The molecule has 0 aliphatic carbocycles. The van der Waals surface area contributed by atoms with Gasteiger partial charge < -0.3 is 5.32 Å². The molecule has 1 nitrogen and oxygen atoms in total. The molecular weight excluding hydrogens is 233 g/mol. The third kappa shape index (κ3) is 3.67. The van der Waals surface area contributed by atoms with Crippen molar-refractivity contribution in [1.82, 2.24) is 5.32 Å². The number of hydrogen-bond acceptors (Lipinski definition) is 2. The summed E-state index contributed by atoms with van der Waals surface area (Å²) >= 11 is 7.41. The van der Waals surface area contributed by atoms with Gasteiger partial charge in [-0.25, -0.2) is 4.39 Å². The Labute approximate surface area is 99.4 Å². The van der Waals surface area contributed by atoms with E-state index in [1.54, 1.807) is 23.9 Å². The molecule has 0 aliphatic heterocycles. The molecule has 4 heteroatoms. The molecule has 0 bridgehead atoms. The Morgan fingerprint density at radius 1 is 1.53 bits per heavy atom. The van der Waals surface area contributed by atoms with Gasteiger partial charge in [-0.2, -0.15) is 11.8 Å². The van der Waals surface area contributed by atoms with Crippen molar-refractivity contribution in [3.8, 4) is 0 Å². The summed E-state index contributed by atoms with van der Waals surface area (Å²) < 4.78 is 13.6. The topological polar surface area (TPSA) is 12.0 Å². The second kappa shape index (κ2) is 6.36. The summed E-state index contributed by atoms with van der Waals surface area (Å²) in [6.07, 6.45) is 2.01. The molecule has 1 aromatic carbocycles. The minimum Gasteiger partial charge on any atom is -0.309 e. The molecule has 1 atom stereocenters. The Balaban J connectivity index is 2.89. The van der Waals surface area contributed by atoms with E-state index in [9.17, 15) is 4.39 Å². The second-order valence-electron chi connectivity index (χ2n) is 3.23. The summed E-state index contributed by atoms with van der Waals surface area (Å²) in [7, 11) is 0. The first kappa shape index (κ1) is 12.8. The fraction of sp³-hybridized carbons (Fsp3) is 0.455. The number of halogens is 2. The van der Waals surface area contributed by atoms with Gasteiger partial charge >= 0.3 is 0 Å². The van der Waals surface area contributed by atoms with E-state index >= 15 is 0 Å². The molecule has 0 radical (unpaired) electrons. The van der Waals surface area contributed by atoms with E-state index in [0.717, 1.165) is 12.3 Å². The molecule has 0 fully saturated rings. The Hall–Kier alpha value is -0.250. The van der Waals surface area contributed by atoms with Crippen LogP contribution in [0.2, 0.25) is 5.02 Å². The molecule has 1 aromatic rings. The van der Waals surface area contributed by atoms with Crippen molar-refractivity contribution in [3.63, 3.8) is 0 Å². The van der Waals surface area contributed by atoms with Gasteiger partial charge in [0.05, 0.1) is 0 Å². The third-order valence-corrected chi connectivity index (χ3v) is 3.02. The maximum atomic E-state index is 13.6. The van der Waals surface area contributed by atoms with Crippen molar-refractivity contribution in [2.24, 2.45) is 0 Å². The predicted molar refractivity (Wildman–Crippen MR) is 66.2 cm³/mol. The molecule has 0 aliphatic rings. The van der Waals surface area contributed by atoms with Crippen molar-refractivity contribution < 1.29 is 4.39 Å². The zero-order chi connectivity index (χ0) is 11.3. The molecule has 0 saturated heterocycles. The van der Waals surface area contributed by atoms with E-state index in [1.165, 1.54) is 6.07 Å². The molecule has 0 spiro atoms. The lowest BCUT2D eigenvalue weighted by Crippen LogP contribution is -2.23. The Morgan fingerprint density at radius 3 is 2.80 bits per heavy atom. The first-order chi connectivity index (χ1) is 7.19. The lowest BCUT2D eigenvalue weighted by Gasteiger charge is -2.17. The molecule has 0 aromatic heterocycles. The number of thioether (sulfide) groups is 1. The SMILES string of the molecule is CCNC(CSC)c1ccc(Cl)cc1F. The van der Waals surface area contributed by atoms with Gasteiger partial charge in [0.2, 0.25) is 0 Å². The molecule has 0 heterocycles. The highest BCUT2D eigenvalue weighted by Crippen LogP contribution is 2.23. The lowest BCUT2D eigenvalue weighted by molar-refractivity contribution is 0.546. The van der Waals surface area contributed by atoms with Gasteiger partial charge in [-0.1, -0.05) is 24.6 Å². The highest BCUT2D eigenvalue weighted by atomic mass is 35.5. The lowest BCUT2D eigenvalue weighted by atomic mass is 10.1. The van der Waals surface area contributed by atoms with Crippen LogP contribution in [0.1, 0.15) is 18.5 Å². The van der Waals surface area contributed by atoms with Crippen LogP contribution in [-0.4, -0.2) is 18.6 Å². The molecule has 1 rings (SSSR count). The quantitative estimate of drug-likeness (QED) is 0.855. The first-order valence-corrected chi connectivity index (χ1v) is 6.63. The van der Waals surface area contributed by atoms with Gasteiger partial charge in [-0.05, 0) is 24.9 Å². The fourth-order valence-electron chi connectivity index (χ4n) is 1.46. The number of nitrogens with one attached hydrogen (secondary N) is 1. The number of hydrogen-bond donors (Lipinski definition) is 1. The minimum absolute atomic E-state index is 0.0577. The van der Waals surface area contributed by atoms with Crippen molar-refractivity contribution >= 4 is 23.4 Å². The van der Waals surface area contributed by atoms with Crippen molar-refractivity contribution in [2.45, 2.75) is 13.0 Å². The van der Waals surface area contributed by atoms with Crippen LogP contribution in [0, 0.1) is 5.82 Å². The van der Waals surface area contributed by atoms with E-state index in [1.807, 2.05) is 13.2 Å². The average molecular weight is 248 g/mol. The van der Waals surface area contributed by atoms with Crippen LogP contribution in [0.5, 0.6) is 0 Å². The van der Waals surface area contributed by atoms with Crippen molar-refractivity contribution in [3.05, 3.63) is 34.6 Å². The van der Waals surface area contributed by atoms with Gasteiger partial charge in [0.25, 0.3) is 0 Å². The molecule has 1 unspecified atom stereocenters. The fourth-order valence-corrected chi connectivity index (χ4v) is 2.25. The summed E-state index contributed by atoms with van der Waals surface area (Å²) in [4.78, 5) is 0. The van der Waals surface area contributed by atoms with Crippen LogP contribution < -0.4 is 5.32 Å². The van der Waals surface area contributed by atoms with Crippen LogP contribution in [-0.2, 0) is 0 Å². The summed E-state index contributed by atoms with van der Waals surface area (Å²) in [6, 6.07) is 4.90. The summed E-state index contributed by atoms with van der Waals surface area (Å²) in [5.41, 5.74) is 0.690. The molecule has 0 amide bonds. The van der Waals surface area contributed by atoms with E-state index < -0.39 is 0 Å². The Morgan fingerprint density at radius 2 is 2.27 bits per heavy atom. The standard InChI is InChI=1S/C11H15ClFNS/c1-3-14-11(7-15-2)9-5-4-8(12)6-10(9)13/h4-6,11,14H,3,7H2,1-2H3. The smallest absolute Gasteiger partial charge is 0.129 e. The van der Waals surface area contributed by atoms with Gasteiger partial charge in [-0.15, -0.1) is 0 Å². The van der Waals surface area contributed by atoms with Crippen molar-refractivity contribution in [1.29, 1.82) is 0 Å². The number of rotatable bonds is 5. The predicted octanol–water partition coefficient (Wildman–Crippen LogP) is 3.49.